The van der Waals surface area contributed by atoms with Crippen LogP contribution in [-0.2, 0) is 23.1 Å². The molecule has 1 N–H and O–H groups in total. The molecule has 2 fully saturated rings. The molecule has 2 aliphatic heterocycles. The Bertz CT molecular complexity index is 1280. The number of pyridine rings is 1. The van der Waals surface area contributed by atoms with Gasteiger partial charge in [-0.3, -0.25) is 9.80 Å². The zero-order chi connectivity index (χ0) is 29.1. The Balaban J connectivity index is 1.31. The van der Waals surface area contributed by atoms with Gasteiger partial charge in [-0.15, -0.1) is 0 Å². The molecule has 2 saturated heterocycles. The Morgan fingerprint density at radius 2 is 1.82 bits per heavy atom. The van der Waals surface area contributed by atoms with Crippen molar-refractivity contribution >= 4 is 39.0 Å². The molecule has 0 saturated carbocycles. The number of rotatable bonds is 9. The van der Waals surface area contributed by atoms with Gasteiger partial charge in [0, 0.05) is 61.6 Å². The number of hydrogen-bond acceptors (Lipinski definition) is 6. The van der Waals surface area contributed by atoms with Crippen LogP contribution in [0.25, 0.3) is 0 Å². The summed E-state index contributed by atoms with van der Waals surface area (Å²) >= 11 is 12.4. The van der Waals surface area contributed by atoms with E-state index in [-0.39, 0.29) is 18.4 Å². The first kappa shape index (κ1) is 31.2. The van der Waals surface area contributed by atoms with Crippen LogP contribution in [0.15, 0.2) is 30.5 Å². The fourth-order valence-corrected chi connectivity index (χ4v) is 6.85. The molecule has 7 nitrogen and oxygen atoms in total. The maximum Gasteiger partial charge on any atom is 0.404 e. The van der Waals surface area contributed by atoms with Crippen molar-refractivity contribution in [3.05, 3.63) is 57.5 Å². The fraction of sp³-hybridized carbons (Fsp3) is 0.577. The third-order valence-electron chi connectivity index (χ3n) is 7.46. The minimum atomic E-state index is -4.82. The number of halogens is 6. The van der Waals surface area contributed by atoms with Gasteiger partial charge in [0.2, 0.25) is 10.0 Å². The smallest absolute Gasteiger partial charge is 0.353 e. The molecule has 0 bridgehead atoms. The summed E-state index contributed by atoms with van der Waals surface area (Å²) in [4.78, 5) is 11.3. The lowest BCUT2D eigenvalue weighted by atomic mass is 9.97. The van der Waals surface area contributed by atoms with Crippen molar-refractivity contribution in [2.24, 2.45) is 0 Å². The molecule has 1 aromatic carbocycles. The molecule has 222 valence electrons. The Morgan fingerprint density at radius 3 is 2.45 bits per heavy atom. The van der Waals surface area contributed by atoms with Crippen LogP contribution in [0.2, 0.25) is 10.0 Å². The predicted octanol–water partition coefficient (Wildman–Crippen LogP) is 5.07. The average Bonchev–Trinajstić information content (AvgIpc) is 2.88. The van der Waals surface area contributed by atoms with E-state index >= 15 is 0 Å². The molecule has 14 heteroatoms. The van der Waals surface area contributed by atoms with Crippen molar-refractivity contribution in [1.29, 1.82) is 0 Å². The number of sulfonamides is 1. The first-order valence-electron chi connectivity index (χ1n) is 13.2. The van der Waals surface area contributed by atoms with E-state index in [0.29, 0.717) is 46.1 Å². The Labute approximate surface area is 242 Å². The predicted molar refractivity (Wildman–Crippen MR) is 149 cm³/mol. The number of hydrogen-bond donors (Lipinski definition) is 1. The summed E-state index contributed by atoms with van der Waals surface area (Å²) in [6.45, 7) is 6.38. The summed E-state index contributed by atoms with van der Waals surface area (Å²) < 4.78 is 76.8. The lowest BCUT2D eigenvalue weighted by Crippen LogP contribution is -2.58. The number of alkyl halides is 3. The second kappa shape index (κ2) is 13.1. The second-order valence-electron chi connectivity index (χ2n) is 10.3. The van der Waals surface area contributed by atoms with Gasteiger partial charge in [0.05, 0.1) is 5.02 Å². The van der Waals surface area contributed by atoms with Gasteiger partial charge in [-0.1, -0.05) is 36.2 Å². The van der Waals surface area contributed by atoms with Gasteiger partial charge in [-0.2, -0.15) is 13.2 Å². The Morgan fingerprint density at radius 1 is 1.10 bits per heavy atom. The highest BCUT2D eigenvalue weighted by atomic mass is 35.5. The first-order valence-corrected chi connectivity index (χ1v) is 15.6. The lowest BCUT2D eigenvalue weighted by molar-refractivity contribution is -0.106. The summed E-state index contributed by atoms with van der Waals surface area (Å²) in [6.07, 6.45) is -0.474. The van der Waals surface area contributed by atoms with E-state index in [1.807, 2.05) is 4.72 Å². The van der Waals surface area contributed by atoms with Crippen molar-refractivity contribution in [3.63, 3.8) is 0 Å². The maximum atomic E-state index is 14.2. The number of anilines is 1. The van der Waals surface area contributed by atoms with Crippen LogP contribution in [0.1, 0.15) is 37.3 Å². The Hall–Kier alpha value is -1.70. The normalized spacial score (nSPS) is 20.3. The van der Waals surface area contributed by atoms with E-state index in [1.54, 1.807) is 12.1 Å². The van der Waals surface area contributed by atoms with E-state index in [2.05, 4.69) is 26.6 Å². The molecule has 1 atom stereocenters. The van der Waals surface area contributed by atoms with Crippen LogP contribution in [0.5, 0.6) is 0 Å². The first-order chi connectivity index (χ1) is 18.8. The minimum Gasteiger partial charge on any atom is -0.353 e. The van der Waals surface area contributed by atoms with Crippen LogP contribution in [0.4, 0.5) is 23.4 Å². The molecule has 0 aliphatic carbocycles. The summed E-state index contributed by atoms with van der Waals surface area (Å²) in [5.74, 6) is -1.65. The average molecular weight is 627 g/mol. The highest BCUT2D eigenvalue weighted by molar-refractivity contribution is 7.89. The number of likely N-dealkylation sites (tertiary alicyclic amines) is 1. The largest absolute Gasteiger partial charge is 0.404 e. The summed E-state index contributed by atoms with van der Waals surface area (Å²) in [7, 11) is -4.52. The SMILES string of the molecule is CC[C@H]1CN(c2ncc(CNS(=O)(=O)CC(F)(F)F)cc2Cl)CCN1C1CCN(Cc2ccc(Cl)cc2F)CC1. The Kier molecular flexibility index (Phi) is 10.2. The number of aromatic nitrogens is 1. The second-order valence-corrected chi connectivity index (χ2v) is 13.0. The number of nitrogens with zero attached hydrogens (tertiary/aromatic N) is 4. The van der Waals surface area contributed by atoms with Crippen LogP contribution in [0.3, 0.4) is 0 Å². The van der Waals surface area contributed by atoms with Gasteiger partial charge >= 0.3 is 6.18 Å². The van der Waals surface area contributed by atoms with Gasteiger partial charge in [0.15, 0.2) is 5.75 Å². The standard InChI is InChI=1S/C26H33Cl2F4N5O2S/c1-2-21-16-36(25-23(28)11-18(13-33-25)14-34-40(38,39)17-26(30,31)32)9-10-37(21)22-5-7-35(8-6-22)15-19-3-4-20(27)12-24(19)29/h3-4,11-13,21-22,34H,2,5-10,14-17H2,1H3/t21-/m0/s1. The monoisotopic (exact) mass is 625 g/mol. The van der Waals surface area contributed by atoms with Crippen molar-refractivity contribution in [2.45, 2.75) is 57.5 Å². The summed E-state index contributed by atoms with van der Waals surface area (Å²) in [5, 5.41) is 0.711. The molecule has 0 amide bonds. The highest BCUT2D eigenvalue weighted by Crippen LogP contribution is 2.30. The van der Waals surface area contributed by atoms with Gasteiger partial charge in [0.1, 0.15) is 11.6 Å². The number of piperidine rings is 1. The van der Waals surface area contributed by atoms with E-state index in [1.165, 1.54) is 18.3 Å². The van der Waals surface area contributed by atoms with Gasteiger partial charge in [-0.25, -0.2) is 22.5 Å². The molecule has 0 unspecified atom stereocenters. The van der Waals surface area contributed by atoms with E-state index in [0.717, 1.165) is 45.4 Å². The third-order valence-corrected chi connectivity index (χ3v) is 9.27. The van der Waals surface area contributed by atoms with Crippen LogP contribution in [0, 0.1) is 5.82 Å². The van der Waals surface area contributed by atoms with Crippen molar-refractivity contribution < 1.29 is 26.0 Å². The molecule has 0 radical (unpaired) electrons. The van der Waals surface area contributed by atoms with Crippen molar-refractivity contribution in [3.8, 4) is 0 Å². The quantitative estimate of drug-likeness (QED) is 0.392. The molecule has 40 heavy (non-hydrogen) atoms. The topological polar surface area (TPSA) is 68.8 Å². The molecule has 3 heterocycles. The number of nitrogens with one attached hydrogen (secondary N) is 1. The van der Waals surface area contributed by atoms with E-state index in [9.17, 15) is 26.0 Å². The fourth-order valence-electron chi connectivity index (χ4n) is 5.47. The lowest BCUT2D eigenvalue weighted by Gasteiger charge is -2.47. The van der Waals surface area contributed by atoms with Crippen molar-refractivity contribution in [1.82, 2.24) is 19.5 Å². The number of piperazine rings is 1. The zero-order valence-electron chi connectivity index (χ0n) is 22.1. The van der Waals surface area contributed by atoms with Crippen LogP contribution >= 0.6 is 23.2 Å². The molecule has 4 rings (SSSR count). The summed E-state index contributed by atoms with van der Waals surface area (Å²) in [5.41, 5.74) is 1.02. The maximum absolute atomic E-state index is 14.2. The zero-order valence-corrected chi connectivity index (χ0v) is 24.4. The van der Waals surface area contributed by atoms with Gasteiger partial charge < -0.3 is 4.90 Å². The van der Waals surface area contributed by atoms with E-state index in [4.69, 9.17) is 23.2 Å². The molecule has 0 spiro atoms. The molecule has 2 aromatic rings. The van der Waals surface area contributed by atoms with Crippen LogP contribution in [-0.4, -0.2) is 79.9 Å². The summed E-state index contributed by atoms with van der Waals surface area (Å²) in [6, 6.07) is 7.05. The van der Waals surface area contributed by atoms with Gasteiger partial charge in [-0.05, 0) is 56.1 Å². The minimum absolute atomic E-state index is 0.278. The van der Waals surface area contributed by atoms with E-state index < -0.39 is 22.0 Å². The van der Waals surface area contributed by atoms with Crippen LogP contribution < -0.4 is 9.62 Å². The molecule has 2 aliphatic rings. The van der Waals surface area contributed by atoms with Crippen molar-refractivity contribution in [2.75, 3.05) is 43.4 Å². The molecular weight excluding hydrogens is 593 g/mol. The third kappa shape index (κ3) is 8.42. The molecular formula is C26H33Cl2F4N5O2S. The molecule has 1 aromatic heterocycles. The highest BCUT2D eigenvalue weighted by Gasteiger charge is 2.36. The van der Waals surface area contributed by atoms with Gasteiger partial charge in [0.25, 0.3) is 0 Å². The number of benzene rings is 1.